The highest BCUT2D eigenvalue weighted by molar-refractivity contribution is 5.96. The SMILES string of the molecule is Cc1cc(NC(=O)CN2CCN(C(=O)CNC(=O)c3cccc(OC(F)F)c3)CC2)no1. The van der Waals surface area contributed by atoms with Crippen LogP contribution in [0.5, 0.6) is 5.75 Å². The third-order valence-corrected chi connectivity index (χ3v) is 4.71. The fourth-order valence-electron chi connectivity index (χ4n) is 3.15. The number of rotatable bonds is 8. The summed E-state index contributed by atoms with van der Waals surface area (Å²) in [6.45, 7) is 0.458. The van der Waals surface area contributed by atoms with Crippen LogP contribution >= 0.6 is 0 Å². The highest BCUT2D eigenvalue weighted by Crippen LogP contribution is 2.16. The minimum Gasteiger partial charge on any atom is -0.435 e. The number of amides is 3. The van der Waals surface area contributed by atoms with Gasteiger partial charge in [-0.15, -0.1) is 0 Å². The van der Waals surface area contributed by atoms with E-state index in [0.717, 1.165) is 0 Å². The van der Waals surface area contributed by atoms with E-state index < -0.39 is 12.5 Å². The molecule has 1 saturated heterocycles. The van der Waals surface area contributed by atoms with Crippen molar-refractivity contribution in [1.29, 1.82) is 0 Å². The Kier molecular flexibility index (Phi) is 7.71. The van der Waals surface area contributed by atoms with Gasteiger partial charge in [0.05, 0.1) is 13.1 Å². The van der Waals surface area contributed by atoms with Crippen LogP contribution in [0, 0.1) is 6.92 Å². The first-order chi connectivity index (χ1) is 15.3. The Labute approximate surface area is 182 Å². The largest absolute Gasteiger partial charge is 0.435 e. The molecule has 0 spiro atoms. The summed E-state index contributed by atoms with van der Waals surface area (Å²) in [6.07, 6.45) is 0. The number of piperazine rings is 1. The first kappa shape index (κ1) is 23.1. The lowest BCUT2D eigenvalue weighted by atomic mass is 10.2. The molecule has 1 aliphatic rings. The van der Waals surface area contributed by atoms with Crippen molar-refractivity contribution in [2.75, 3.05) is 44.6 Å². The molecule has 12 heteroatoms. The number of alkyl halides is 2. The number of carbonyl (C=O) groups is 3. The van der Waals surface area contributed by atoms with Gasteiger partial charge in [0.2, 0.25) is 11.8 Å². The van der Waals surface area contributed by atoms with Gasteiger partial charge in [0.25, 0.3) is 5.91 Å². The lowest BCUT2D eigenvalue weighted by molar-refractivity contribution is -0.132. The summed E-state index contributed by atoms with van der Waals surface area (Å²) < 4.78 is 33.8. The van der Waals surface area contributed by atoms with Crippen molar-refractivity contribution in [2.24, 2.45) is 0 Å². The van der Waals surface area contributed by atoms with Gasteiger partial charge in [-0.05, 0) is 25.1 Å². The minimum absolute atomic E-state index is 0.106. The second kappa shape index (κ2) is 10.7. The van der Waals surface area contributed by atoms with Gasteiger partial charge < -0.3 is 24.8 Å². The molecule has 1 fully saturated rings. The molecule has 0 unspecified atom stereocenters. The Morgan fingerprint density at radius 1 is 1.19 bits per heavy atom. The van der Waals surface area contributed by atoms with Crippen molar-refractivity contribution in [3.8, 4) is 5.75 Å². The average Bonchev–Trinajstić information content (AvgIpc) is 3.16. The van der Waals surface area contributed by atoms with Gasteiger partial charge in [-0.25, -0.2) is 0 Å². The first-order valence-electron chi connectivity index (χ1n) is 9.86. The summed E-state index contributed by atoms with van der Waals surface area (Å²) in [7, 11) is 0. The average molecular weight is 451 g/mol. The minimum atomic E-state index is -2.99. The van der Waals surface area contributed by atoms with Crippen molar-refractivity contribution in [2.45, 2.75) is 13.5 Å². The maximum atomic E-state index is 12.4. The number of anilines is 1. The molecule has 2 N–H and O–H groups in total. The third kappa shape index (κ3) is 6.74. The van der Waals surface area contributed by atoms with E-state index in [2.05, 4.69) is 20.5 Å². The second-order valence-electron chi connectivity index (χ2n) is 7.12. The highest BCUT2D eigenvalue weighted by atomic mass is 19.3. The molecule has 172 valence electrons. The molecule has 10 nitrogen and oxygen atoms in total. The van der Waals surface area contributed by atoms with Crippen LogP contribution in [0.2, 0.25) is 0 Å². The fraction of sp³-hybridized carbons (Fsp3) is 0.400. The van der Waals surface area contributed by atoms with E-state index in [9.17, 15) is 23.2 Å². The standard InChI is InChI=1S/C20H23F2N5O5/c1-13-9-16(25-32-13)24-17(28)12-26-5-7-27(8-6-26)18(29)11-23-19(30)14-3-2-4-15(10-14)31-20(21)22/h2-4,9-10,20H,5-8,11-12H2,1H3,(H,23,30)(H,24,25,28). The Bertz CT molecular complexity index is 959. The molecule has 0 atom stereocenters. The van der Waals surface area contributed by atoms with E-state index in [1.165, 1.54) is 24.3 Å². The number of hydrogen-bond acceptors (Lipinski definition) is 7. The van der Waals surface area contributed by atoms with Crippen LogP contribution in [0.3, 0.4) is 0 Å². The van der Waals surface area contributed by atoms with Crippen molar-refractivity contribution < 1.29 is 32.4 Å². The Morgan fingerprint density at radius 2 is 1.94 bits per heavy atom. The van der Waals surface area contributed by atoms with Gasteiger partial charge in [-0.1, -0.05) is 11.2 Å². The van der Waals surface area contributed by atoms with Crippen molar-refractivity contribution in [1.82, 2.24) is 20.3 Å². The predicted octanol–water partition coefficient (Wildman–Crippen LogP) is 1.10. The molecule has 0 saturated carbocycles. The van der Waals surface area contributed by atoms with Crippen LogP contribution in [-0.2, 0) is 9.59 Å². The van der Waals surface area contributed by atoms with Crippen LogP contribution < -0.4 is 15.4 Å². The van der Waals surface area contributed by atoms with Crippen LogP contribution in [0.25, 0.3) is 0 Å². The quantitative estimate of drug-likeness (QED) is 0.617. The number of nitrogens with zero attached hydrogens (tertiary/aromatic N) is 3. The zero-order chi connectivity index (χ0) is 23.1. The van der Waals surface area contributed by atoms with Gasteiger partial charge >= 0.3 is 6.61 Å². The van der Waals surface area contributed by atoms with Gasteiger partial charge in [-0.3, -0.25) is 19.3 Å². The normalized spacial score (nSPS) is 14.3. The number of benzene rings is 1. The summed E-state index contributed by atoms with van der Waals surface area (Å²) in [4.78, 5) is 40.2. The Hall–Kier alpha value is -3.54. The van der Waals surface area contributed by atoms with Crippen molar-refractivity contribution in [3.63, 3.8) is 0 Å². The smallest absolute Gasteiger partial charge is 0.387 e. The molecule has 1 aromatic carbocycles. The zero-order valence-electron chi connectivity index (χ0n) is 17.3. The van der Waals surface area contributed by atoms with E-state index in [-0.39, 0.29) is 36.2 Å². The summed E-state index contributed by atoms with van der Waals surface area (Å²) in [5.41, 5.74) is 0.106. The van der Waals surface area contributed by atoms with Gasteiger partial charge in [0.1, 0.15) is 11.5 Å². The first-order valence-corrected chi connectivity index (χ1v) is 9.86. The number of hydrogen-bond donors (Lipinski definition) is 2. The molecule has 3 rings (SSSR count). The van der Waals surface area contributed by atoms with Crippen LogP contribution in [0.15, 0.2) is 34.9 Å². The number of nitrogens with one attached hydrogen (secondary N) is 2. The molecular weight excluding hydrogens is 428 g/mol. The number of ether oxygens (including phenoxy) is 1. The molecule has 0 bridgehead atoms. The topological polar surface area (TPSA) is 117 Å². The van der Waals surface area contributed by atoms with Crippen LogP contribution in [0.4, 0.5) is 14.6 Å². The monoisotopic (exact) mass is 451 g/mol. The maximum absolute atomic E-state index is 12.4. The van der Waals surface area contributed by atoms with Crippen molar-refractivity contribution in [3.05, 3.63) is 41.7 Å². The van der Waals surface area contributed by atoms with E-state index in [1.807, 2.05) is 4.90 Å². The summed E-state index contributed by atoms with van der Waals surface area (Å²) in [5, 5.41) is 8.83. The van der Waals surface area contributed by atoms with E-state index >= 15 is 0 Å². The molecule has 2 aromatic rings. The summed E-state index contributed by atoms with van der Waals surface area (Å²) in [6, 6.07) is 6.94. The third-order valence-electron chi connectivity index (χ3n) is 4.71. The number of halogens is 2. The predicted molar refractivity (Wildman–Crippen MR) is 108 cm³/mol. The maximum Gasteiger partial charge on any atom is 0.387 e. The summed E-state index contributed by atoms with van der Waals surface area (Å²) >= 11 is 0. The van der Waals surface area contributed by atoms with Gasteiger partial charge in [0, 0.05) is 37.8 Å². The molecule has 1 aliphatic heterocycles. The van der Waals surface area contributed by atoms with E-state index in [0.29, 0.717) is 37.8 Å². The molecule has 3 amide bonds. The Balaban J connectivity index is 1.39. The van der Waals surface area contributed by atoms with Gasteiger partial charge in [0.15, 0.2) is 5.82 Å². The number of carbonyl (C=O) groups excluding carboxylic acids is 3. The van der Waals surface area contributed by atoms with Crippen LogP contribution in [0.1, 0.15) is 16.1 Å². The highest BCUT2D eigenvalue weighted by Gasteiger charge is 2.23. The molecule has 1 aromatic heterocycles. The lowest BCUT2D eigenvalue weighted by Gasteiger charge is -2.34. The lowest BCUT2D eigenvalue weighted by Crippen LogP contribution is -2.52. The fourth-order valence-corrected chi connectivity index (χ4v) is 3.15. The number of aromatic nitrogens is 1. The molecular formula is C20H23F2N5O5. The van der Waals surface area contributed by atoms with Crippen molar-refractivity contribution >= 4 is 23.5 Å². The Morgan fingerprint density at radius 3 is 2.59 bits per heavy atom. The van der Waals surface area contributed by atoms with Gasteiger partial charge in [-0.2, -0.15) is 8.78 Å². The zero-order valence-corrected chi connectivity index (χ0v) is 17.3. The summed E-state index contributed by atoms with van der Waals surface area (Å²) in [5.74, 6) is -0.282. The molecule has 0 aliphatic carbocycles. The molecule has 0 radical (unpaired) electrons. The molecule has 32 heavy (non-hydrogen) atoms. The van der Waals surface area contributed by atoms with E-state index in [1.54, 1.807) is 17.9 Å². The van der Waals surface area contributed by atoms with E-state index in [4.69, 9.17) is 4.52 Å². The number of aryl methyl sites for hydroxylation is 1. The van der Waals surface area contributed by atoms with Crippen LogP contribution in [-0.4, -0.2) is 78.6 Å². The molecule has 2 heterocycles. The second-order valence-corrected chi connectivity index (χ2v) is 7.12.